The van der Waals surface area contributed by atoms with Crippen molar-refractivity contribution < 1.29 is 0 Å². The zero-order valence-corrected chi connectivity index (χ0v) is 31.3. The molecule has 5 heteroatoms. The summed E-state index contributed by atoms with van der Waals surface area (Å²) in [4.78, 5) is 11.1. The SMILES string of the molecule is [C-]#[N+]c1c(C)sc(-c2cc(CCCCCCCCCCCC)c(-c3sc(C)cc3CCCCCCCCCCCC)s2)c1C#N. The highest BCUT2D eigenvalue weighted by atomic mass is 32.1. The Bertz CT molecular complexity index is 1340. The minimum atomic E-state index is 0.539. The van der Waals surface area contributed by atoms with Crippen molar-refractivity contribution in [3.05, 3.63) is 50.0 Å². The molecule has 0 saturated carbocycles. The van der Waals surface area contributed by atoms with E-state index < -0.39 is 0 Å². The Hall–Kier alpha value is -1.92. The van der Waals surface area contributed by atoms with E-state index in [9.17, 15) is 5.26 Å². The van der Waals surface area contributed by atoms with Crippen molar-refractivity contribution in [3.63, 3.8) is 0 Å². The number of nitriles is 1. The molecule has 0 fully saturated rings. The Balaban J connectivity index is 1.67. The van der Waals surface area contributed by atoms with Gasteiger partial charge in [-0.25, -0.2) is 4.85 Å². The van der Waals surface area contributed by atoms with Gasteiger partial charge in [-0.3, -0.25) is 0 Å². The number of rotatable bonds is 24. The minimum Gasteiger partial charge on any atom is -0.236 e. The summed E-state index contributed by atoms with van der Waals surface area (Å²) in [5.74, 6) is 0. The van der Waals surface area contributed by atoms with Gasteiger partial charge in [0.25, 0.3) is 0 Å². The highest BCUT2D eigenvalue weighted by Crippen LogP contribution is 2.48. The number of hydrogen-bond donors (Lipinski definition) is 0. The number of hydrogen-bond acceptors (Lipinski definition) is 4. The van der Waals surface area contributed by atoms with Crippen molar-refractivity contribution in [2.45, 2.75) is 169 Å². The van der Waals surface area contributed by atoms with Crippen LogP contribution in [0.2, 0.25) is 0 Å². The molecule has 0 spiro atoms. The van der Waals surface area contributed by atoms with E-state index in [0.29, 0.717) is 11.3 Å². The van der Waals surface area contributed by atoms with Gasteiger partial charge in [-0.05, 0) is 62.8 Å². The van der Waals surface area contributed by atoms with Crippen LogP contribution in [-0.4, -0.2) is 0 Å². The topological polar surface area (TPSA) is 28.1 Å². The third-order valence-corrected chi connectivity index (χ3v) is 12.8. The van der Waals surface area contributed by atoms with Crippen LogP contribution in [-0.2, 0) is 12.8 Å². The first-order valence-corrected chi connectivity index (χ1v) is 20.6. The van der Waals surface area contributed by atoms with E-state index in [0.717, 1.165) is 22.6 Å². The van der Waals surface area contributed by atoms with Crippen molar-refractivity contribution >= 4 is 39.7 Å². The second-order valence-corrected chi connectivity index (χ2v) is 16.5. The molecule has 0 aromatic carbocycles. The fourth-order valence-electron chi connectivity index (χ4n) is 6.42. The monoisotopic (exact) mass is 662 g/mol. The Morgan fingerprint density at radius 1 is 0.600 bits per heavy atom. The van der Waals surface area contributed by atoms with Crippen LogP contribution in [0.3, 0.4) is 0 Å². The number of unbranched alkanes of at least 4 members (excludes halogenated alkanes) is 18. The summed E-state index contributed by atoms with van der Waals surface area (Å²) >= 11 is 5.43. The number of aryl methyl sites for hydroxylation is 4. The molecule has 0 radical (unpaired) electrons. The third kappa shape index (κ3) is 12.3. The van der Waals surface area contributed by atoms with Gasteiger partial charge in [0.1, 0.15) is 0 Å². The lowest BCUT2D eigenvalue weighted by Gasteiger charge is -2.07. The second-order valence-electron chi connectivity index (χ2n) is 13.0. The molecule has 3 rings (SSSR count). The fraction of sp³-hybridized carbons (Fsp3) is 0.650. The average molecular weight is 663 g/mol. The van der Waals surface area contributed by atoms with Crippen LogP contribution in [0.4, 0.5) is 5.69 Å². The Labute approximate surface area is 288 Å². The zero-order valence-electron chi connectivity index (χ0n) is 28.8. The van der Waals surface area contributed by atoms with E-state index in [-0.39, 0.29) is 0 Å². The van der Waals surface area contributed by atoms with Gasteiger partial charge >= 0.3 is 0 Å². The molecule has 3 heterocycles. The molecule has 0 saturated heterocycles. The first-order valence-electron chi connectivity index (χ1n) is 18.2. The van der Waals surface area contributed by atoms with Gasteiger partial charge in [0.2, 0.25) is 5.69 Å². The Morgan fingerprint density at radius 3 is 1.51 bits per heavy atom. The van der Waals surface area contributed by atoms with E-state index in [1.54, 1.807) is 11.3 Å². The normalized spacial score (nSPS) is 11.2. The fourth-order valence-corrected chi connectivity index (χ4v) is 10.0. The van der Waals surface area contributed by atoms with Gasteiger partial charge in [-0.1, -0.05) is 129 Å². The predicted molar refractivity (Wildman–Crippen MR) is 202 cm³/mol. The van der Waals surface area contributed by atoms with Crippen LogP contribution in [0.5, 0.6) is 0 Å². The molecule has 0 bridgehead atoms. The maximum Gasteiger partial charge on any atom is 0.218 e. The molecule has 0 amide bonds. The van der Waals surface area contributed by atoms with Crippen LogP contribution < -0.4 is 0 Å². The highest BCUT2D eigenvalue weighted by molar-refractivity contribution is 7.27. The molecular weight excluding hydrogens is 605 g/mol. The van der Waals surface area contributed by atoms with Gasteiger partial charge in [-0.2, -0.15) is 16.6 Å². The molecule has 0 unspecified atom stereocenters. The van der Waals surface area contributed by atoms with Gasteiger partial charge in [0.15, 0.2) is 0 Å². The number of thiophene rings is 3. The van der Waals surface area contributed by atoms with Crippen molar-refractivity contribution in [3.8, 4) is 25.6 Å². The molecule has 2 nitrogen and oxygen atoms in total. The maximum atomic E-state index is 9.99. The molecule has 0 atom stereocenters. The molecule has 3 aromatic heterocycles. The summed E-state index contributed by atoms with van der Waals surface area (Å²) in [6.07, 6.45) is 29.4. The van der Waals surface area contributed by atoms with E-state index >= 15 is 0 Å². The summed E-state index contributed by atoms with van der Waals surface area (Å²) in [6, 6.07) is 7.18. The van der Waals surface area contributed by atoms with Crippen molar-refractivity contribution in [1.82, 2.24) is 0 Å². The van der Waals surface area contributed by atoms with Gasteiger partial charge < -0.3 is 0 Å². The zero-order chi connectivity index (χ0) is 32.3. The molecule has 0 N–H and O–H groups in total. The average Bonchev–Trinajstić information content (AvgIpc) is 3.72. The summed E-state index contributed by atoms with van der Waals surface area (Å²) in [7, 11) is 0. The standard InChI is InChI=1S/C40H58N2S3/c1-6-8-10-12-14-16-18-20-22-24-26-33-28-31(3)43-38(33)39-34(27-25-23-21-19-17-15-13-11-9-7-2)29-36(45-39)40-35(30-41)37(42-5)32(4)44-40/h28-29H,6-27H2,1-4H3. The first-order chi connectivity index (χ1) is 22.0. The molecular formula is C40H58N2S3. The van der Waals surface area contributed by atoms with E-state index in [1.807, 2.05) is 29.6 Å². The van der Waals surface area contributed by atoms with Gasteiger partial charge in [0.05, 0.1) is 23.1 Å². The van der Waals surface area contributed by atoms with Crippen LogP contribution in [0, 0.1) is 31.8 Å². The summed E-state index contributed by atoms with van der Waals surface area (Å²) in [5, 5.41) is 9.99. The predicted octanol–water partition coefficient (Wildman–Crippen LogP) is 15.2. The molecule has 3 aromatic rings. The smallest absolute Gasteiger partial charge is 0.218 e. The summed E-state index contributed by atoms with van der Waals surface area (Å²) in [6.45, 7) is 16.5. The van der Waals surface area contributed by atoms with E-state index in [2.05, 4.69) is 43.8 Å². The van der Waals surface area contributed by atoms with Crippen molar-refractivity contribution in [1.29, 1.82) is 5.26 Å². The summed E-state index contributed by atoms with van der Waals surface area (Å²) in [5.41, 5.74) is 4.07. The van der Waals surface area contributed by atoms with E-state index in [4.69, 9.17) is 6.57 Å². The Kier molecular flexibility index (Phi) is 18.2. The third-order valence-electron chi connectivity index (χ3n) is 9.05. The number of nitrogens with zero attached hydrogens (tertiary/aromatic N) is 2. The Morgan fingerprint density at radius 2 is 1.04 bits per heavy atom. The largest absolute Gasteiger partial charge is 0.236 e. The maximum absolute atomic E-state index is 9.99. The molecule has 0 aliphatic rings. The molecule has 0 aliphatic carbocycles. The van der Waals surface area contributed by atoms with Crippen molar-refractivity contribution in [2.75, 3.05) is 0 Å². The summed E-state index contributed by atoms with van der Waals surface area (Å²) < 4.78 is 0. The van der Waals surface area contributed by atoms with Crippen LogP contribution >= 0.6 is 34.0 Å². The highest BCUT2D eigenvalue weighted by Gasteiger charge is 2.22. The van der Waals surface area contributed by atoms with Crippen LogP contribution in [0.1, 0.15) is 169 Å². The van der Waals surface area contributed by atoms with Crippen LogP contribution in [0.15, 0.2) is 12.1 Å². The lowest BCUT2D eigenvalue weighted by molar-refractivity contribution is 0.556. The molecule has 0 aliphatic heterocycles. The van der Waals surface area contributed by atoms with E-state index in [1.165, 1.54) is 159 Å². The van der Waals surface area contributed by atoms with Crippen molar-refractivity contribution in [2.24, 2.45) is 0 Å². The van der Waals surface area contributed by atoms with Crippen LogP contribution in [0.25, 0.3) is 24.4 Å². The first kappa shape index (κ1) is 37.5. The minimum absolute atomic E-state index is 0.539. The molecule has 45 heavy (non-hydrogen) atoms. The second kappa shape index (κ2) is 21.8. The van der Waals surface area contributed by atoms with Gasteiger partial charge in [-0.15, -0.1) is 22.7 Å². The lowest BCUT2D eigenvalue weighted by Crippen LogP contribution is -1.90. The molecule has 246 valence electrons. The lowest BCUT2D eigenvalue weighted by atomic mass is 10.0. The van der Waals surface area contributed by atoms with Gasteiger partial charge in [0, 0.05) is 24.4 Å². The quantitative estimate of drug-likeness (QED) is 0.0693.